The Labute approximate surface area is 173 Å². The summed E-state index contributed by atoms with van der Waals surface area (Å²) in [5, 5.41) is 2.88. The molecule has 0 aliphatic carbocycles. The van der Waals surface area contributed by atoms with Gasteiger partial charge >= 0.3 is 0 Å². The van der Waals surface area contributed by atoms with Crippen LogP contribution in [0.5, 0.6) is 0 Å². The molecule has 8 heteroatoms. The molecule has 2 aliphatic heterocycles. The van der Waals surface area contributed by atoms with Crippen LogP contribution in [0.15, 0.2) is 36.7 Å². The fourth-order valence-corrected chi connectivity index (χ4v) is 4.84. The number of likely N-dealkylation sites (tertiary alicyclic amines) is 1. The van der Waals surface area contributed by atoms with E-state index in [1.165, 1.54) is 11.3 Å². The summed E-state index contributed by atoms with van der Waals surface area (Å²) in [6, 6.07) is 6.28. The van der Waals surface area contributed by atoms with Crippen LogP contribution in [0.3, 0.4) is 0 Å². The lowest BCUT2D eigenvalue weighted by atomic mass is 10.1. The first kappa shape index (κ1) is 19.7. The van der Waals surface area contributed by atoms with Gasteiger partial charge < -0.3 is 15.0 Å². The summed E-state index contributed by atoms with van der Waals surface area (Å²) in [4.78, 5) is 45.2. The summed E-state index contributed by atoms with van der Waals surface area (Å²) >= 11 is 1.36. The zero-order chi connectivity index (χ0) is 20.4. The lowest BCUT2D eigenvalue weighted by molar-refractivity contribution is -0.138. The molecule has 3 atom stereocenters. The number of ether oxygens (including phenoxy) is 1. The average Bonchev–Trinajstić information content (AvgIpc) is 3.46. The molecule has 2 fully saturated rings. The SMILES string of the molecule is CCCC(NC(=O)c1ccc(-c2cccnc2)s1)C(=O)N1CCC2OCC(=O)C21. The number of rotatable bonds is 6. The van der Waals surface area contributed by atoms with E-state index in [2.05, 4.69) is 10.3 Å². The molecule has 1 N–H and O–H groups in total. The number of pyridine rings is 1. The van der Waals surface area contributed by atoms with Crippen molar-refractivity contribution in [3.05, 3.63) is 41.5 Å². The third-order valence-corrected chi connectivity index (χ3v) is 6.48. The van der Waals surface area contributed by atoms with Crippen LogP contribution in [0.1, 0.15) is 35.9 Å². The number of fused-ring (bicyclic) bond motifs is 1. The van der Waals surface area contributed by atoms with Gasteiger partial charge in [-0.3, -0.25) is 19.4 Å². The van der Waals surface area contributed by atoms with Gasteiger partial charge in [0, 0.05) is 29.4 Å². The molecule has 7 nitrogen and oxygen atoms in total. The van der Waals surface area contributed by atoms with Crippen LogP contribution in [0.2, 0.25) is 0 Å². The number of nitrogens with one attached hydrogen (secondary N) is 1. The Hall–Kier alpha value is -2.58. The van der Waals surface area contributed by atoms with E-state index in [1.54, 1.807) is 23.4 Å². The van der Waals surface area contributed by atoms with Crippen molar-refractivity contribution in [2.24, 2.45) is 0 Å². The van der Waals surface area contributed by atoms with E-state index in [-0.39, 0.29) is 30.3 Å². The molecule has 2 aromatic heterocycles. The second kappa shape index (κ2) is 8.42. The van der Waals surface area contributed by atoms with Crippen LogP contribution in [-0.4, -0.2) is 58.8 Å². The van der Waals surface area contributed by atoms with Crippen LogP contribution in [0.25, 0.3) is 10.4 Å². The van der Waals surface area contributed by atoms with Crippen molar-refractivity contribution >= 4 is 28.9 Å². The molecular formula is C21H23N3O4S. The Morgan fingerprint density at radius 2 is 2.24 bits per heavy atom. The minimum Gasteiger partial charge on any atom is -0.368 e. The highest BCUT2D eigenvalue weighted by molar-refractivity contribution is 7.17. The molecule has 2 saturated heterocycles. The fourth-order valence-electron chi connectivity index (χ4n) is 3.94. The molecule has 4 heterocycles. The van der Waals surface area contributed by atoms with Crippen LogP contribution in [0.4, 0.5) is 0 Å². The number of thiophene rings is 1. The number of carbonyl (C=O) groups excluding carboxylic acids is 3. The number of amides is 2. The van der Waals surface area contributed by atoms with E-state index in [9.17, 15) is 14.4 Å². The van der Waals surface area contributed by atoms with Gasteiger partial charge in [0.15, 0.2) is 5.78 Å². The van der Waals surface area contributed by atoms with Crippen LogP contribution < -0.4 is 5.32 Å². The minimum atomic E-state index is -0.649. The maximum Gasteiger partial charge on any atom is 0.262 e. The largest absolute Gasteiger partial charge is 0.368 e. The van der Waals surface area contributed by atoms with Crippen molar-refractivity contribution in [3.63, 3.8) is 0 Å². The van der Waals surface area contributed by atoms with Gasteiger partial charge in [-0.15, -0.1) is 11.3 Å². The lowest BCUT2D eigenvalue weighted by Gasteiger charge is -2.27. The summed E-state index contributed by atoms with van der Waals surface area (Å²) in [5.74, 6) is -0.529. The third-order valence-electron chi connectivity index (χ3n) is 5.35. The Balaban J connectivity index is 1.47. The van der Waals surface area contributed by atoms with Crippen LogP contribution in [0, 0.1) is 0 Å². The predicted molar refractivity (Wildman–Crippen MR) is 109 cm³/mol. The Bertz CT molecular complexity index is 914. The molecule has 0 spiro atoms. The number of ketones is 1. The van der Waals surface area contributed by atoms with Gasteiger partial charge in [-0.25, -0.2) is 0 Å². The maximum absolute atomic E-state index is 13.1. The van der Waals surface area contributed by atoms with Gasteiger partial charge in [0.1, 0.15) is 18.7 Å². The second-order valence-electron chi connectivity index (χ2n) is 7.30. The smallest absolute Gasteiger partial charge is 0.262 e. The molecule has 0 aromatic carbocycles. The molecular weight excluding hydrogens is 390 g/mol. The maximum atomic E-state index is 13.1. The van der Waals surface area contributed by atoms with Crippen molar-refractivity contribution in [2.45, 2.75) is 44.4 Å². The van der Waals surface area contributed by atoms with E-state index in [1.807, 2.05) is 25.1 Å². The summed E-state index contributed by atoms with van der Waals surface area (Å²) < 4.78 is 5.47. The molecule has 0 bridgehead atoms. The molecule has 4 rings (SSSR count). The van der Waals surface area contributed by atoms with E-state index >= 15 is 0 Å². The van der Waals surface area contributed by atoms with E-state index in [4.69, 9.17) is 4.74 Å². The Morgan fingerprint density at radius 1 is 1.38 bits per heavy atom. The standard InChI is InChI=1S/C21H23N3O4S/c1-2-4-14(21(27)24-10-8-16-19(24)15(25)12-28-16)23-20(26)18-7-6-17(29-18)13-5-3-9-22-11-13/h3,5-7,9,11,14,16,19H,2,4,8,10,12H2,1H3,(H,23,26). The summed E-state index contributed by atoms with van der Waals surface area (Å²) in [5.41, 5.74) is 0.945. The first-order chi connectivity index (χ1) is 14.1. The molecule has 29 heavy (non-hydrogen) atoms. The first-order valence-corrected chi connectivity index (χ1v) is 10.7. The van der Waals surface area contributed by atoms with E-state index < -0.39 is 12.1 Å². The van der Waals surface area contributed by atoms with Crippen molar-refractivity contribution in [1.29, 1.82) is 0 Å². The summed E-state index contributed by atoms with van der Waals surface area (Å²) in [6.07, 6.45) is 5.18. The lowest BCUT2D eigenvalue weighted by Crippen LogP contribution is -2.52. The van der Waals surface area contributed by atoms with Crippen molar-refractivity contribution in [1.82, 2.24) is 15.2 Å². The zero-order valence-corrected chi connectivity index (χ0v) is 17.0. The van der Waals surface area contributed by atoms with Crippen molar-refractivity contribution in [3.8, 4) is 10.4 Å². The van der Waals surface area contributed by atoms with E-state index in [0.717, 1.165) is 16.9 Å². The third kappa shape index (κ3) is 3.95. The minimum absolute atomic E-state index is 0.0539. The molecule has 152 valence electrons. The number of hydrogen-bond donors (Lipinski definition) is 1. The first-order valence-electron chi connectivity index (χ1n) is 9.84. The van der Waals surface area contributed by atoms with Crippen molar-refractivity contribution < 1.29 is 19.1 Å². The quantitative estimate of drug-likeness (QED) is 0.785. The molecule has 2 aliphatic rings. The monoisotopic (exact) mass is 413 g/mol. The Morgan fingerprint density at radius 3 is 3.00 bits per heavy atom. The number of nitrogens with zero attached hydrogens (tertiary/aromatic N) is 2. The van der Waals surface area contributed by atoms with Gasteiger partial charge in [-0.05, 0) is 31.0 Å². The number of hydrogen-bond acceptors (Lipinski definition) is 6. The van der Waals surface area contributed by atoms with Gasteiger partial charge in [0.05, 0.1) is 11.0 Å². The average molecular weight is 413 g/mol. The number of Topliss-reactive ketones (excluding diaryl/α,β-unsaturated/α-hetero) is 1. The molecule has 0 radical (unpaired) electrons. The van der Waals surface area contributed by atoms with Gasteiger partial charge in [0.2, 0.25) is 5.91 Å². The molecule has 3 unspecified atom stereocenters. The highest BCUT2D eigenvalue weighted by Crippen LogP contribution is 2.29. The van der Waals surface area contributed by atoms with Crippen LogP contribution in [-0.2, 0) is 14.3 Å². The topological polar surface area (TPSA) is 88.6 Å². The number of carbonyl (C=O) groups is 3. The summed E-state index contributed by atoms with van der Waals surface area (Å²) in [6.45, 7) is 2.52. The van der Waals surface area contributed by atoms with Gasteiger partial charge in [-0.1, -0.05) is 19.4 Å². The van der Waals surface area contributed by atoms with Crippen LogP contribution >= 0.6 is 11.3 Å². The Kier molecular flexibility index (Phi) is 5.73. The highest BCUT2D eigenvalue weighted by Gasteiger charge is 2.47. The van der Waals surface area contributed by atoms with E-state index in [0.29, 0.717) is 24.3 Å². The number of aromatic nitrogens is 1. The van der Waals surface area contributed by atoms with Crippen molar-refractivity contribution in [2.75, 3.05) is 13.2 Å². The fraction of sp³-hybridized carbons (Fsp3) is 0.429. The van der Waals surface area contributed by atoms with Gasteiger partial charge in [0.25, 0.3) is 5.91 Å². The predicted octanol–water partition coefficient (Wildman–Crippen LogP) is 2.28. The van der Waals surface area contributed by atoms with Gasteiger partial charge in [-0.2, -0.15) is 0 Å². The molecule has 2 amide bonds. The normalized spacial score (nSPS) is 21.8. The second-order valence-corrected chi connectivity index (χ2v) is 8.39. The highest BCUT2D eigenvalue weighted by atomic mass is 32.1. The molecule has 2 aromatic rings. The zero-order valence-electron chi connectivity index (χ0n) is 16.2. The summed E-state index contributed by atoms with van der Waals surface area (Å²) in [7, 11) is 0. The molecule has 0 saturated carbocycles.